The van der Waals surface area contributed by atoms with E-state index in [2.05, 4.69) is 4.99 Å². The molecule has 8 heteroatoms. The molecular formula is C15H12Cl2N2O4. The Balaban J connectivity index is 1.95. The predicted octanol–water partition coefficient (Wildman–Crippen LogP) is 4.11. The third kappa shape index (κ3) is 4.84. The van der Waals surface area contributed by atoms with Gasteiger partial charge in [0.25, 0.3) is 0 Å². The first kappa shape index (κ1) is 17.1. The summed E-state index contributed by atoms with van der Waals surface area (Å²) in [5.41, 5.74) is -0.285. The molecule has 0 saturated carbocycles. The van der Waals surface area contributed by atoms with Crippen LogP contribution in [0.1, 0.15) is 5.56 Å². The molecule has 0 amide bonds. The molecule has 1 N–H and O–H groups in total. The zero-order valence-corrected chi connectivity index (χ0v) is 13.3. The molecule has 23 heavy (non-hydrogen) atoms. The van der Waals surface area contributed by atoms with Crippen molar-refractivity contribution in [3.63, 3.8) is 0 Å². The van der Waals surface area contributed by atoms with Gasteiger partial charge in [0.05, 0.1) is 11.5 Å². The van der Waals surface area contributed by atoms with E-state index >= 15 is 0 Å². The molecule has 0 spiro atoms. The Kier molecular flexibility index (Phi) is 5.78. The summed E-state index contributed by atoms with van der Waals surface area (Å²) in [5, 5.41) is 21.4. The van der Waals surface area contributed by atoms with E-state index in [0.717, 1.165) is 6.07 Å². The van der Waals surface area contributed by atoms with E-state index in [9.17, 15) is 15.2 Å². The molecule has 2 rings (SSSR count). The van der Waals surface area contributed by atoms with E-state index in [1.165, 1.54) is 12.3 Å². The molecule has 0 heterocycles. The van der Waals surface area contributed by atoms with Crippen molar-refractivity contribution < 1.29 is 14.8 Å². The van der Waals surface area contributed by atoms with Gasteiger partial charge in [-0.2, -0.15) is 0 Å². The molecule has 0 fully saturated rings. The van der Waals surface area contributed by atoms with Gasteiger partial charge in [-0.25, -0.2) is 0 Å². The van der Waals surface area contributed by atoms with Crippen LogP contribution in [0.15, 0.2) is 41.4 Å². The highest BCUT2D eigenvalue weighted by molar-refractivity contribution is 6.31. The van der Waals surface area contributed by atoms with Crippen LogP contribution in [0.4, 0.5) is 5.69 Å². The van der Waals surface area contributed by atoms with Crippen molar-refractivity contribution in [1.82, 2.24) is 0 Å². The van der Waals surface area contributed by atoms with Crippen LogP contribution < -0.4 is 4.74 Å². The van der Waals surface area contributed by atoms with E-state index in [1.54, 1.807) is 24.3 Å². The third-order valence-corrected chi connectivity index (χ3v) is 3.28. The average molecular weight is 355 g/mol. The lowest BCUT2D eigenvalue weighted by molar-refractivity contribution is -0.385. The first-order valence-corrected chi connectivity index (χ1v) is 7.28. The number of halogens is 2. The fourth-order valence-electron chi connectivity index (χ4n) is 1.75. The number of aliphatic imine (C=N–C) groups is 1. The number of nitrogens with zero attached hydrogens (tertiary/aromatic N) is 2. The van der Waals surface area contributed by atoms with Crippen LogP contribution >= 0.6 is 23.2 Å². The second-order valence-corrected chi connectivity index (χ2v) is 5.33. The van der Waals surface area contributed by atoms with Gasteiger partial charge in [-0.15, -0.1) is 0 Å². The standard InChI is InChI=1S/C15H12Cl2N2O4/c16-11-1-3-13(4-2-11)23-6-5-18-9-10-7-12(17)8-14(15(10)20)19(21)22/h1-4,7-9,20H,5-6H2. The van der Waals surface area contributed by atoms with Gasteiger partial charge >= 0.3 is 5.69 Å². The smallest absolute Gasteiger partial charge is 0.312 e. The van der Waals surface area contributed by atoms with Gasteiger partial charge in [-0.05, 0) is 30.3 Å². The van der Waals surface area contributed by atoms with Gasteiger partial charge in [0.2, 0.25) is 5.75 Å². The average Bonchev–Trinajstić information content (AvgIpc) is 2.51. The van der Waals surface area contributed by atoms with Crippen molar-refractivity contribution >= 4 is 35.1 Å². The number of aromatic hydroxyl groups is 1. The van der Waals surface area contributed by atoms with Gasteiger partial charge in [-0.3, -0.25) is 15.1 Å². The minimum Gasteiger partial charge on any atom is -0.502 e. The molecule has 0 radical (unpaired) electrons. The minimum absolute atomic E-state index is 0.147. The van der Waals surface area contributed by atoms with Crippen LogP contribution in [-0.2, 0) is 0 Å². The van der Waals surface area contributed by atoms with Crippen LogP contribution in [0.5, 0.6) is 11.5 Å². The van der Waals surface area contributed by atoms with E-state index in [1.807, 2.05) is 0 Å². The molecule has 0 aliphatic rings. The van der Waals surface area contributed by atoms with Crippen LogP contribution in [0, 0.1) is 10.1 Å². The van der Waals surface area contributed by atoms with Gasteiger partial charge in [0.1, 0.15) is 12.4 Å². The molecule has 0 unspecified atom stereocenters. The quantitative estimate of drug-likeness (QED) is 0.366. The van der Waals surface area contributed by atoms with Crippen molar-refractivity contribution in [3.05, 3.63) is 62.1 Å². The Bertz CT molecular complexity index is 733. The Hall–Kier alpha value is -2.31. The fourth-order valence-corrected chi connectivity index (χ4v) is 2.10. The van der Waals surface area contributed by atoms with Crippen molar-refractivity contribution in [1.29, 1.82) is 0 Å². The maximum absolute atomic E-state index is 10.8. The summed E-state index contributed by atoms with van der Waals surface area (Å²) < 4.78 is 5.45. The van der Waals surface area contributed by atoms with E-state index in [0.29, 0.717) is 23.9 Å². The number of hydrogen-bond donors (Lipinski definition) is 1. The summed E-state index contributed by atoms with van der Waals surface area (Å²) in [6.07, 6.45) is 1.32. The van der Waals surface area contributed by atoms with Gasteiger partial charge in [0, 0.05) is 27.9 Å². The molecule has 0 aliphatic heterocycles. The Labute approximate surface area is 142 Å². The molecule has 0 saturated heterocycles. The topological polar surface area (TPSA) is 85.0 Å². The second kappa shape index (κ2) is 7.80. The third-order valence-electron chi connectivity index (χ3n) is 2.81. The lowest BCUT2D eigenvalue weighted by atomic mass is 10.2. The molecule has 120 valence electrons. The monoisotopic (exact) mass is 354 g/mol. The maximum atomic E-state index is 10.8. The van der Waals surface area contributed by atoms with Crippen LogP contribution in [0.2, 0.25) is 10.0 Å². The van der Waals surface area contributed by atoms with Crippen LogP contribution in [0.3, 0.4) is 0 Å². The first-order valence-electron chi connectivity index (χ1n) is 6.52. The summed E-state index contributed by atoms with van der Waals surface area (Å²) in [7, 11) is 0. The number of phenols is 1. The summed E-state index contributed by atoms with van der Waals surface area (Å²) in [4.78, 5) is 14.1. The zero-order chi connectivity index (χ0) is 16.8. The fraction of sp³-hybridized carbons (Fsp3) is 0.133. The number of hydrogen-bond acceptors (Lipinski definition) is 5. The molecule has 2 aromatic carbocycles. The molecule has 0 aromatic heterocycles. The molecule has 2 aromatic rings. The van der Waals surface area contributed by atoms with Crippen LogP contribution in [0.25, 0.3) is 0 Å². The number of rotatable bonds is 6. The number of nitro groups is 1. The lowest BCUT2D eigenvalue weighted by Crippen LogP contribution is -2.01. The Morgan fingerprint density at radius 2 is 1.91 bits per heavy atom. The molecule has 0 atom stereocenters. The van der Waals surface area contributed by atoms with Gasteiger partial charge in [0.15, 0.2) is 0 Å². The highest BCUT2D eigenvalue weighted by atomic mass is 35.5. The van der Waals surface area contributed by atoms with Crippen LogP contribution in [-0.4, -0.2) is 29.4 Å². The normalized spacial score (nSPS) is 10.9. The summed E-state index contributed by atoms with van der Waals surface area (Å²) >= 11 is 11.6. The maximum Gasteiger partial charge on any atom is 0.312 e. The highest BCUT2D eigenvalue weighted by Gasteiger charge is 2.17. The molecular weight excluding hydrogens is 343 g/mol. The predicted molar refractivity (Wildman–Crippen MR) is 89.2 cm³/mol. The highest BCUT2D eigenvalue weighted by Crippen LogP contribution is 2.32. The minimum atomic E-state index is -0.706. The van der Waals surface area contributed by atoms with E-state index in [4.69, 9.17) is 27.9 Å². The van der Waals surface area contributed by atoms with Crippen molar-refractivity contribution in [3.8, 4) is 11.5 Å². The number of phenolic OH excluding ortho intramolecular Hbond substituents is 1. The summed E-state index contributed by atoms with van der Waals surface area (Å²) in [6, 6.07) is 9.37. The first-order chi connectivity index (χ1) is 11.0. The van der Waals surface area contributed by atoms with Gasteiger partial charge < -0.3 is 9.84 Å². The Morgan fingerprint density at radius 3 is 2.57 bits per heavy atom. The SMILES string of the molecule is O=[N+]([O-])c1cc(Cl)cc(C=NCCOc2ccc(Cl)cc2)c1O. The number of nitro benzene ring substituents is 1. The van der Waals surface area contributed by atoms with E-state index < -0.39 is 16.4 Å². The van der Waals surface area contributed by atoms with Crippen molar-refractivity contribution in [2.75, 3.05) is 13.2 Å². The van der Waals surface area contributed by atoms with Crippen molar-refractivity contribution in [2.24, 2.45) is 4.99 Å². The largest absolute Gasteiger partial charge is 0.502 e. The van der Waals surface area contributed by atoms with E-state index in [-0.39, 0.29) is 10.6 Å². The summed E-state index contributed by atoms with van der Waals surface area (Å²) in [6.45, 7) is 0.615. The molecule has 0 aliphatic carbocycles. The second-order valence-electron chi connectivity index (χ2n) is 4.46. The molecule has 6 nitrogen and oxygen atoms in total. The van der Waals surface area contributed by atoms with Gasteiger partial charge in [-0.1, -0.05) is 23.2 Å². The summed E-state index contributed by atoms with van der Waals surface area (Å²) in [5.74, 6) is 0.188. The zero-order valence-electron chi connectivity index (χ0n) is 11.8. The number of ether oxygens (including phenoxy) is 1. The Morgan fingerprint density at radius 1 is 1.22 bits per heavy atom. The lowest BCUT2D eigenvalue weighted by Gasteiger charge is -2.04. The van der Waals surface area contributed by atoms with Crippen molar-refractivity contribution in [2.45, 2.75) is 0 Å². The number of benzene rings is 2. The molecule has 0 bridgehead atoms.